The normalized spacial score (nSPS) is 15.2. The van der Waals surface area contributed by atoms with Gasteiger partial charge in [0.25, 0.3) is 0 Å². The molecule has 1 aromatic rings. The maximum Gasteiger partial charge on any atom is 0.142 e. The molecule has 1 heterocycles. The van der Waals surface area contributed by atoms with Gasteiger partial charge < -0.3 is 10.1 Å². The van der Waals surface area contributed by atoms with Crippen molar-refractivity contribution in [2.75, 3.05) is 18.5 Å². The molecule has 13 heavy (non-hydrogen) atoms. The van der Waals surface area contributed by atoms with Gasteiger partial charge in [-0.25, -0.2) is 0 Å². The number of fused-ring (bicyclic) bond motifs is 1. The van der Waals surface area contributed by atoms with Crippen LogP contribution in [0.1, 0.15) is 17.5 Å². The lowest BCUT2D eigenvalue weighted by Gasteiger charge is -2.12. The third-order valence-electron chi connectivity index (χ3n) is 2.58. The molecular weight excluding hydrogens is 162 g/mol. The van der Waals surface area contributed by atoms with Crippen LogP contribution < -0.4 is 10.1 Å². The Morgan fingerprint density at radius 1 is 1.31 bits per heavy atom. The van der Waals surface area contributed by atoms with Gasteiger partial charge in [-0.1, -0.05) is 6.07 Å². The van der Waals surface area contributed by atoms with Gasteiger partial charge in [0, 0.05) is 6.54 Å². The molecule has 1 aliphatic heterocycles. The summed E-state index contributed by atoms with van der Waals surface area (Å²) < 4.78 is 5.62. The molecule has 0 unspecified atom stereocenters. The Kier molecular flexibility index (Phi) is 2.13. The number of hydrogen-bond donors (Lipinski definition) is 1. The first-order chi connectivity index (χ1) is 6.29. The van der Waals surface area contributed by atoms with Gasteiger partial charge in [-0.15, -0.1) is 0 Å². The first-order valence-electron chi connectivity index (χ1n) is 4.76. The average Bonchev–Trinajstić information content (AvgIpc) is 2.36. The zero-order chi connectivity index (χ0) is 9.26. The van der Waals surface area contributed by atoms with Gasteiger partial charge in [0.2, 0.25) is 0 Å². The van der Waals surface area contributed by atoms with Crippen molar-refractivity contribution in [1.29, 1.82) is 0 Å². The van der Waals surface area contributed by atoms with E-state index in [0.717, 1.165) is 25.3 Å². The third kappa shape index (κ3) is 1.48. The Hall–Kier alpha value is -1.18. The fourth-order valence-electron chi connectivity index (χ4n) is 1.60. The summed E-state index contributed by atoms with van der Waals surface area (Å²) in [5, 5.41) is 3.41. The molecule has 0 saturated heterocycles. The van der Waals surface area contributed by atoms with Crippen molar-refractivity contribution in [3.05, 3.63) is 23.3 Å². The summed E-state index contributed by atoms with van der Waals surface area (Å²) in [6.45, 7) is 6.10. The monoisotopic (exact) mass is 177 g/mol. The fourth-order valence-corrected chi connectivity index (χ4v) is 1.60. The van der Waals surface area contributed by atoms with E-state index in [0.29, 0.717) is 0 Å². The number of hydrogen-bond acceptors (Lipinski definition) is 2. The molecule has 0 aliphatic carbocycles. The molecule has 0 radical (unpaired) electrons. The topological polar surface area (TPSA) is 21.3 Å². The number of benzene rings is 1. The van der Waals surface area contributed by atoms with Crippen LogP contribution >= 0.6 is 0 Å². The maximum atomic E-state index is 5.62. The Balaban J connectivity index is 2.48. The molecule has 1 N–H and O–H groups in total. The van der Waals surface area contributed by atoms with Gasteiger partial charge in [-0.3, -0.25) is 0 Å². The molecule has 0 spiro atoms. The summed E-state index contributed by atoms with van der Waals surface area (Å²) in [7, 11) is 0. The first kappa shape index (κ1) is 8.42. The Morgan fingerprint density at radius 3 is 3.00 bits per heavy atom. The summed E-state index contributed by atoms with van der Waals surface area (Å²) in [6.07, 6.45) is 1.08. The minimum Gasteiger partial charge on any atom is -0.491 e. The quantitative estimate of drug-likeness (QED) is 0.657. The van der Waals surface area contributed by atoms with Crippen LogP contribution in [0.5, 0.6) is 5.75 Å². The highest BCUT2D eigenvalue weighted by Gasteiger charge is 2.11. The van der Waals surface area contributed by atoms with Crippen molar-refractivity contribution in [3.63, 3.8) is 0 Å². The molecule has 70 valence electrons. The molecule has 0 fully saturated rings. The second kappa shape index (κ2) is 3.29. The number of ether oxygens (including phenoxy) is 1. The highest BCUT2D eigenvalue weighted by Crippen LogP contribution is 2.31. The zero-order valence-electron chi connectivity index (χ0n) is 8.18. The largest absolute Gasteiger partial charge is 0.491 e. The third-order valence-corrected chi connectivity index (χ3v) is 2.58. The number of nitrogens with one attached hydrogen (secondary N) is 1. The minimum atomic E-state index is 0.822. The lowest BCUT2D eigenvalue weighted by atomic mass is 10.1. The average molecular weight is 177 g/mol. The van der Waals surface area contributed by atoms with E-state index in [2.05, 4.69) is 31.3 Å². The molecule has 2 heteroatoms. The lowest BCUT2D eigenvalue weighted by molar-refractivity contribution is 0.323. The van der Waals surface area contributed by atoms with Crippen molar-refractivity contribution in [2.24, 2.45) is 0 Å². The van der Waals surface area contributed by atoms with Crippen LogP contribution in [0.25, 0.3) is 0 Å². The molecule has 0 atom stereocenters. The Morgan fingerprint density at radius 2 is 2.15 bits per heavy atom. The van der Waals surface area contributed by atoms with Crippen molar-refractivity contribution in [2.45, 2.75) is 20.3 Å². The van der Waals surface area contributed by atoms with E-state index in [-0.39, 0.29) is 0 Å². The predicted molar refractivity (Wildman–Crippen MR) is 54.5 cm³/mol. The van der Waals surface area contributed by atoms with E-state index < -0.39 is 0 Å². The molecule has 0 saturated carbocycles. The summed E-state index contributed by atoms with van der Waals surface area (Å²) in [5.41, 5.74) is 3.80. The molecule has 1 aromatic carbocycles. The van der Waals surface area contributed by atoms with Crippen LogP contribution in [0.3, 0.4) is 0 Å². The van der Waals surface area contributed by atoms with Gasteiger partial charge in [-0.2, -0.15) is 0 Å². The smallest absolute Gasteiger partial charge is 0.142 e. The second-order valence-corrected chi connectivity index (χ2v) is 3.51. The number of anilines is 1. The van der Waals surface area contributed by atoms with Gasteiger partial charge in [0.15, 0.2) is 0 Å². The highest BCUT2D eigenvalue weighted by atomic mass is 16.5. The van der Waals surface area contributed by atoms with Crippen LogP contribution in [0, 0.1) is 13.8 Å². The fraction of sp³-hybridized carbons (Fsp3) is 0.455. The van der Waals surface area contributed by atoms with Gasteiger partial charge in [-0.05, 0) is 37.5 Å². The summed E-state index contributed by atoms with van der Waals surface area (Å²) >= 11 is 0. The standard InChI is InChI=1S/C11H15NO/c1-8-4-5-10-11(9(8)2)12-6-3-7-13-10/h4-5,12H,3,6-7H2,1-2H3. The van der Waals surface area contributed by atoms with Crippen LogP contribution in [-0.4, -0.2) is 13.2 Å². The SMILES string of the molecule is Cc1ccc2c(c1C)NCCCO2. The van der Waals surface area contributed by atoms with Crippen molar-refractivity contribution in [3.8, 4) is 5.75 Å². The van der Waals surface area contributed by atoms with Crippen molar-refractivity contribution < 1.29 is 4.74 Å². The summed E-state index contributed by atoms with van der Waals surface area (Å²) in [6, 6.07) is 4.16. The highest BCUT2D eigenvalue weighted by molar-refractivity contribution is 5.64. The molecule has 1 aliphatic rings. The van der Waals surface area contributed by atoms with Crippen LogP contribution in [0.4, 0.5) is 5.69 Å². The zero-order valence-corrected chi connectivity index (χ0v) is 8.18. The molecule has 2 rings (SSSR count). The second-order valence-electron chi connectivity index (χ2n) is 3.51. The van der Waals surface area contributed by atoms with E-state index in [1.54, 1.807) is 0 Å². The summed E-state index contributed by atoms with van der Waals surface area (Å²) in [5.74, 6) is 1.00. The molecule has 0 aromatic heterocycles. The van der Waals surface area contributed by atoms with Gasteiger partial charge >= 0.3 is 0 Å². The van der Waals surface area contributed by atoms with Crippen LogP contribution in [0.2, 0.25) is 0 Å². The van der Waals surface area contributed by atoms with E-state index in [4.69, 9.17) is 4.74 Å². The molecule has 0 bridgehead atoms. The maximum absolute atomic E-state index is 5.62. The van der Waals surface area contributed by atoms with Gasteiger partial charge in [0.1, 0.15) is 5.75 Å². The van der Waals surface area contributed by atoms with E-state index in [1.165, 1.54) is 16.8 Å². The van der Waals surface area contributed by atoms with E-state index in [1.807, 2.05) is 0 Å². The van der Waals surface area contributed by atoms with Crippen molar-refractivity contribution >= 4 is 5.69 Å². The first-order valence-corrected chi connectivity index (χ1v) is 4.76. The molecule has 2 nitrogen and oxygen atoms in total. The molecular formula is C11H15NO. The predicted octanol–water partition coefficient (Wildman–Crippen LogP) is 2.50. The van der Waals surface area contributed by atoms with Crippen LogP contribution in [-0.2, 0) is 0 Å². The molecule has 0 amide bonds. The summed E-state index contributed by atoms with van der Waals surface area (Å²) in [4.78, 5) is 0. The van der Waals surface area contributed by atoms with Crippen molar-refractivity contribution in [1.82, 2.24) is 0 Å². The van der Waals surface area contributed by atoms with E-state index >= 15 is 0 Å². The Bertz CT molecular complexity index is 320. The number of aryl methyl sites for hydroxylation is 1. The number of rotatable bonds is 0. The van der Waals surface area contributed by atoms with Gasteiger partial charge in [0.05, 0.1) is 12.3 Å². The van der Waals surface area contributed by atoms with E-state index in [9.17, 15) is 0 Å². The Labute approximate surface area is 78.9 Å². The van der Waals surface area contributed by atoms with Crippen LogP contribution in [0.15, 0.2) is 12.1 Å². The minimum absolute atomic E-state index is 0.822. The lowest BCUT2D eigenvalue weighted by Crippen LogP contribution is -2.01.